The molecule has 134 valence electrons. The second-order valence-electron chi connectivity index (χ2n) is 5.83. The number of nitrogens with one attached hydrogen (secondary N) is 1. The number of morpholine rings is 1. The fourth-order valence-electron chi connectivity index (χ4n) is 2.57. The molecule has 0 aliphatic carbocycles. The molecule has 24 heavy (non-hydrogen) atoms. The summed E-state index contributed by atoms with van der Waals surface area (Å²) < 4.78 is 42.7. The third kappa shape index (κ3) is 5.67. The van der Waals surface area contributed by atoms with Crippen LogP contribution in [0.4, 0.5) is 18.9 Å². The lowest BCUT2D eigenvalue weighted by atomic mass is 10.0. The predicted molar refractivity (Wildman–Crippen MR) is 84.1 cm³/mol. The number of hydrogen-bond donors (Lipinski definition) is 1. The Bertz CT molecular complexity index is 546. The second kappa shape index (κ2) is 8.32. The number of hydrogen-bond acceptors (Lipinski definition) is 4. The van der Waals surface area contributed by atoms with Gasteiger partial charge in [0.1, 0.15) is 0 Å². The highest BCUT2D eigenvalue weighted by molar-refractivity contribution is 5.94. The Morgan fingerprint density at radius 3 is 2.71 bits per heavy atom. The lowest BCUT2D eigenvalue weighted by Crippen LogP contribution is -2.36. The molecule has 0 aromatic carbocycles. The van der Waals surface area contributed by atoms with E-state index in [1.54, 1.807) is 19.2 Å². The van der Waals surface area contributed by atoms with Gasteiger partial charge in [0.25, 0.3) is 5.91 Å². The van der Waals surface area contributed by atoms with Crippen LogP contribution in [-0.2, 0) is 4.74 Å². The van der Waals surface area contributed by atoms with Crippen LogP contribution in [0.2, 0.25) is 0 Å². The zero-order valence-electron chi connectivity index (χ0n) is 13.6. The molecule has 1 aromatic rings. The zero-order chi connectivity index (χ0) is 17.6. The average Bonchev–Trinajstić information content (AvgIpc) is 2.58. The first kappa shape index (κ1) is 18.5. The van der Waals surface area contributed by atoms with E-state index in [9.17, 15) is 18.0 Å². The molecule has 8 heteroatoms. The van der Waals surface area contributed by atoms with Gasteiger partial charge in [-0.15, -0.1) is 0 Å². The van der Waals surface area contributed by atoms with Crippen LogP contribution in [0.15, 0.2) is 18.5 Å². The number of nitrogens with zero attached hydrogens (tertiary/aromatic N) is 2. The number of ether oxygens (including phenoxy) is 1. The number of carbonyl (C=O) groups excluding carboxylic acids is 1. The molecule has 1 aliphatic rings. The molecule has 1 atom stereocenters. The first-order valence-electron chi connectivity index (χ1n) is 8.01. The molecule has 0 radical (unpaired) electrons. The number of pyridine rings is 1. The largest absolute Gasteiger partial charge is 0.389 e. The summed E-state index contributed by atoms with van der Waals surface area (Å²) in [6.07, 6.45) is -1.67. The van der Waals surface area contributed by atoms with Gasteiger partial charge in [0.05, 0.1) is 30.7 Å². The van der Waals surface area contributed by atoms with Gasteiger partial charge in [0, 0.05) is 32.3 Å². The van der Waals surface area contributed by atoms with Crippen LogP contribution in [0.5, 0.6) is 0 Å². The lowest BCUT2D eigenvalue weighted by molar-refractivity contribution is -0.144. The van der Waals surface area contributed by atoms with Crippen molar-refractivity contribution < 1.29 is 22.7 Å². The third-order valence-corrected chi connectivity index (χ3v) is 4.01. The number of anilines is 1. The van der Waals surface area contributed by atoms with E-state index >= 15 is 0 Å². The number of alkyl halides is 3. The Morgan fingerprint density at radius 1 is 1.38 bits per heavy atom. The van der Waals surface area contributed by atoms with Crippen LogP contribution in [-0.4, -0.2) is 49.9 Å². The second-order valence-corrected chi connectivity index (χ2v) is 5.83. The van der Waals surface area contributed by atoms with Crippen molar-refractivity contribution in [3.8, 4) is 0 Å². The number of rotatable bonds is 6. The lowest BCUT2D eigenvalue weighted by Gasteiger charge is -2.28. The molecule has 1 saturated heterocycles. The van der Waals surface area contributed by atoms with E-state index < -0.39 is 24.4 Å². The minimum atomic E-state index is -4.22. The van der Waals surface area contributed by atoms with Crippen LogP contribution in [0.3, 0.4) is 0 Å². The van der Waals surface area contributed by atoms with Crippen LogP contribution < -0.4 is 10.2 Å². The van der Waals surface area contributed by atoms with Crippen molar-refractivity contribution in [2.75, 3.05) is 37.7 Å². The minimum Gasteiger partial charge on any atom is -0.378 e. The molecule has 2 rings (SSSR count). The topological polar surface area (TPSA) is 54.5 Å². The number of carbonyl (C=O) groups is 1. The van der Waals surface area contributed by atoms with Gasteiger partial charge in [-0.1, -0.05) is 13.3 Å². The van der Waals surface area contributed by atoms with E-state index in [4.69, 9.17) is 4.74 Å². The summed E-state index contributed by atoms with van der Waals surface area (Å²) >= 11 is 0. The van der Waals surface area contributed by atoms with Gasteiger partial charge in [0.2, 0.25) is 0 Å². The summed E-state index contributed by atoms with van der Waals surface area (Å²) in [4.78, 5) is 18.3. The summed E-state index contributed by atoms with van der Waals surface area (Å²) in [6.45, 7) is 4.35. The summed E-state index contributed by atoms with van der Waals surface area (Å²) in [5.41, 5.74) is 1.16. The molecule has 0 saturated carbocycles. The number of amides is 1. The van der Waals surface area contributed by atoms with Crippen LogP contribution in [0, 0.1) is 5.92 Å². The smallest absolute Gasteiger partial charge is 0.378 e. The Hall–Kier alpha value is -1.83. The molecule has 1 N–H and O–H groups in total. The summed E-state index contributed by atoms with van der Waals surface area (Å²) in [5.74, 6) is -1.03. The van der Waals surface area contributed by atoms with Crippen molar-refractivity contribution in [3.05, 3.63) is 24.0 Å². The van der Waals surface area contributed by atoms with Crippen molar-refractivity contribution in [3.63, 3.8) is 0 Å². The quantitative estimate of drug-likeness (QED) is 0.861. The fourth-order valence-corrected chi connectivity index (χ4v) is 2.57. The highest BCUT2D eigenvalue weighted by Crippen LogP contribution is 2.26. The van der Waals surface area contributed by atoms with E-state index in [1.807, 2.05) is 0 Å². The Labute approximate surface area is 139 Å². The maximum absolute atomic E-state index is 12.5. The van der Waals surface area contributed by atoms with Crippen molar-refractivity contribution in [1.29, 1.82) is 0 Å². The minimum absolute atomic E-state index is 0.00335. The van der Waals surface area contributed by atoms with Gasteiger partial charge in [-0.3, -0.25) is 9.78 Å². The molecule has 5 nitrogen and oxygen atoms in total. The van der Waals surface area contributed by atoms with Crippen LogP contribution >= 0.6 is 0 Å². The highest BCUT2D eigenvalue weighted by atomic mass is 19.4. The molecule has 2 heterocycles. The van der Waals surface area contributed by atoms with Crippen molar-refractivity contribution in [2.24, 2.45) is 5.92 Å². The highest BCUT2D eigenvalue weighted by Gasteiger charge is 2.31. The summed E-state index contributed by atoms with van der Waals surface area (Å²) in [6, 6.07) is 1.71. The molecule has 1 amide bonds. The maximum Gasteiger partial charge on any atom is 0.389 e. The van der Waals surface area contributed by atoms with Gasteiger partial charge in [-0.2, -0.15) is 13.2 Å². The Balaban J connectivity index is 1.94. The normalized spacial score (nSPS) is 16.8. The van der Waals surface area contributed by atoms with Gasteiger partial charge < -0.3 is 15.0 Å². The molecule has 1 fully saturated rings. The molecular formula is C16H22F3N3O2. The van der Waals surface area contributed by atoms with Gasteiger partial charge in [-0.05, 0) is 12.0 Å². The third-order valence-electron chi connectivity index (χ3n) is 4.01. The van der Waals surface area contributed by atoms with E-state index in [-0.39, 0.29) is 6.54 Å². The average molecular weight is 345 g/mol. The Morgan fingerprint density at radius 2 is 2.08 bits per heavy atom. The standard InChI is InChI=1S/C16H22F3N3O2/c1-2-12(8-16(17,18)19)9-21-15(23)13-7-14(11-20-10-13)22-3-5-24-6-4-22/h7,10-12H,2-6,8-9H2,1H3,(H,21,23). The van der Waals surface area contributed by atoms with E-state index in [1.165, 1.54) is 6.20 Å². The van der Waals surface area contributed by atoms with Crippen molar-refractivity contribution >= 4 is 11.6 Å². The zero-order valence-corrected chi connectivity index (χ0v) is 13.6. The Kier molecular flexibility index (Phi) is 6.42. The summed E-state index contributed by atoms with van der Waals surface area (Å²) in [5, 5.41) is 2.58. The van der Waals surface area contributed by atoms with E-state index in [2.05, 4.69) is 15.2 Å². The van der Waals surface area contributed by atoms with Crippen molar-refractivity contribution in [2.45, 2.75) is 25.9 Å². The van der Waals surface area contributed by atoms with Crippen LogP contribution in [0.25, 0.3) is 0 Å². The van der Waals surface area contributed by atoms with Gasteiger partial charge in [0.15, 0.2) is 0 Å². The fraction of sp³-hybridized carbons (Fsp3) is 0.625. The maximum atomic E-state index is 12.5. The predicted octanol–water partition coefficient (Wildman–Crippen LogP) is 2.63. The first-order valence-corrected chi connectivity index (χ1v) is 8.01. The molecule has 1 aliphatic heterocycles. The monoisotopic (exact) mass is 345 g/mol. The van der Waals surface area contributed by atoms with E-state index in [0.29, 0.717) is 25.2 Å². The molecule has 1 unspecified atom stereocenters. The SMILES string of the molecule is CCC(CNC(=O)c1cncc(N2CCOCC2)c1)CC(F)(F)F. The molecular weight excluding hydrogens is 323 g/mol. The summed E-state index contributed by atoms with van der Waals surface area (Å²) in [7, 11) is 0. The first-order chi connectivity index (χ1) is 11.4. The van der Waals surface area contributed by atoms with Gasteiger partial charge in [-0.25, -0.2) is 0 Å². The van der Waals surface area contributed by atoms with Crippen molar-refractivity contribution in [1.82, 2.24) is 10.3 Å². The molecule has 1 aromatic heterocycles. The molecule has 0 bridgehead atoms. The molecule has 0 spiro atoms. The number of halogens is 3. The number of aromatic nitrogens is 1. The van der Waals surface area contributed by atoms with E-state index in [0.717, 1.165) is 18.8 Å². The van der Waals surface area contributed by atoms with Crippen LogP contribution in [0.1, 0.15) is 30.1 Å². The van der Waals surface area contributed by atoms with Gasteiger partial charge >= 0.3 is 6.18 Å².